The summed E-state index contributed by atoms with van der Waals surface area (Å²) in [6, 6.07) is 10.2. The van der Waals surface area contributed by atoms with Crippen LogP contribution < -0.4 is 5.32 Å². The van der Waals surface area contributed by atoms with E-state index in [0.717, 1.165) is 10.5 Å². The van der Waals surface area contributed by atoms with E-state index in [0.29, 0.717) is 32.6 Å². The molecule has 0 atom stereocenters. The van der Waals surface area contributed by atoms with Crippen LogP contribution in [0.4, 0.5) is 0 Å². The quantitative estimate of drug-likeness (QED) is 0.865. The number of hydrogen-bond acceptors (Lipinski definition) is 4. The second-order valence-corrected chi connectivity index (χ2v) is 5.72. The number of nitriles is 1. The summed E-state index contributed by atoms with van der Waals surface area (Å²) in [6.07, 6.45) is 2.96. The van der Waals surface area contributed by atoms with Gasteiger partial charge in [0.05, 0.1) is 6.07 Å². The van der Waals surface area contributed by atoms with Crippen LogP contribution in [0.1, 0.15) is 18.4 Å². The molecule has 0 unspecified atom stereocenters. The zero-order valence-corrected chi connectivity index (χ0v) is 12.3. The van der Waals surface area contributed by atoms with Gasteiger partial charge < -0.3 is 10.1 Å². The van der Waals surface area contributed by atoms with Gasteiger partial charge in [0.1, 0.15) is 5.41 Å². The maximum absolute atomic E-state index is 12.3. The molecule has 1 fully saturated rings. The molecular weight excluding hydrogens is 272 g/mol. The number of nitrogens with zero attached hydrogens (tertiary/aromatic N) is 1. The molecule has 1 N–H and O–H groups in total. The highest BCUT2D eigenvalue weighted by molar-refractivity contribution is 7.98. The van der Waals surface area contributed by atoms with Crippen LogP contribution in [0.3, 0.4) is 0 Å². The molecule has 1 aliphatic heterocycles. The topological polar surface area (TPSA) is 62.1 Å². The van der Waals surface area contributed by atoms with E-state index in [4.69, 9.17) is 4.74 Å². The van der Waals surface area contributed by atoms with Gasteiger partial charge in [-0.25, -0.2) is 0 Å². The van der Waals surface area contributed by atoms with Crippen LogP contribution >= 0.6 is 11.8 Å². The highest BCUT2D eigenvalue weighted by Crippen LogP contribution is 2.30. The van der Waals surface area contributed by atoms with Crippen molar-refractivity contribution in [3.05, 3.63) is 29.8 Å². The molecule has 4 nitrogen and oxygen atoms in total. The molecule has 1 aliphatic rings. The smallest absolute Gasteiger partial charge is 0.240 e. The summed E-state index contributed by atoms with van der Waals surface area (Å²) in [4.78, 5) is 13.4. The first-order valence-electron chi connectivity index (χ1n) is 6.60. The Labute approximate surface area is 123 Å². The van der Waals surface area contributed by atoms with E-state index in [-0.39, 0.29) is 5.91 Å². The molecular formula is C15H18N2O2S. The van der Waals surface area contributed by atoms with E-state index in [1.54, 1.807) is 11.8 Å². The third-order valence-electron chi connectivity index (χ3n) is 3.58. The minimum atomic E-state index is -0.921. The predicted octanol–water partition coefficient (Wildman–Crippen LogP) is 2.35. The number of carbonyl (C=O) groups excluding carboxylic acids is 1. The van der Waals surface area contributed by atoms with Gasteiger partial charge >= 0.3 is 0 Å². The molecule has 0 radical (unpaired) electrons. The van der Waals surface area contributed by atoms with Crippen molar-refractivity contribution < 1.29 is 9.53 Å². The number of benzene rings is 1. The van der Waals surface area contributed by atoms with Crippen LogP contribution in [-0.4, -0.2) is 25.4 Å². The van der Waals surface area contributed by atoms with Gasteiger partial charge in [-0.3, -0.25) is 4.79 Å². The van der Waals surface area contributed by atoms with Crippen LogP contribution in [0.25, 0.3) is 0 Å². The van der Waals surface area contributed by atoms with Crippen molar-refractivity contribution in [3.8, 4) is 6.07 Å². The van der Waals surface area contributed by atoms with Crippen molar-refractivity contribution in [2.24, 2.45) is 5.41 Å². The van der Waals surface area contributed by atoms with Crippen molar-refractivity contribution in [1.82, 2.24) is 5.32 Å². The highest BCUT2D eigenvalue weighted by Gasteiger charge is 2.40. The zero-order valence-electron chi connectivity index (χ0n) is 11.5. The third kappa shape index (κ3) is 3.33. The third-order valence-corrected chi connectivity index (χ3v) is 4.31. The molecule has 1 aromatic rings. The van der Waals surface area contributed by atoms with Crippen molar-refractivity contribution >= 4 is 17.7 Å². The number of hydrogen-bond donors (Lipinski definition) is 1. The molecule has 5 heteroatoms. The molecule has 20 heavy (non-hydrogen) atoms. The summed E-state index contributed by atoms with van der Waals surface area (Å²) in [7, 11) is 0. The Hall–Kier alpha value is -1.51. The largest absolute Gasteiger partial charge is 0.381 e. The summed E-state index contributed by atoms with van der Waals surface area (Å²) < 4.78 is 5.24. The maximum atomic E-state index is 12.3. The molecule has 0 aromatic heterocycles. The first kappa shape index (κ1) is 14.9. The molecule has 106 valence electrons. The molecule has 0 saturated carbocycles. The molecule has 0 bridgehead atoms. The van der Waals surface area contributed by atoms with Crippen molar-refractivity contribution in [3.63, 3.8) is 0 Å². The Morgan fingerprint density at radius 1 is 1.50 bits per heavy atom. The van der Waals surface area contributed by atoms with Crippen molar-refractivity contribution in [1.29, 1.82) is 5.26 Å². The second kappa shape index (κ2) is 6.78. The number of rotatable bonds is 4. The van der Waals surface area contributed by atoms with Crippen molar-refractivity contribution in [2.75, 3.05) is 19.5 Å². The van der Waals surface area contributed by atoms with E-state index in [1.807, 2.05) is 30.5 Å². The van der Waals surface area contributed by atoms with Gasteiger partial charge in [0, 0.05) is 24.7 Å². The van der Waals surface area contributed by atoms with Gasteiger partial charge in [0.25, 0.3) is 0 Å². The monoisotopic (exact) mass is 290 g/mol. The first-order valence-corrected chi connectivity index (χ1v) is 7.83. The molecule has 1 saturated heterocycles. The molecule has 2 rings (SSSR count). The first-order chi connectivity index (χ1) is 9.70. The van der Waals surface area contributed by atoms with Crippen LogP contribution in [0.15, 0.2) is 29.2 Å². The molecule has 0 spiro atoms. The van der Waals surface area contributed by atoms with E-state index in [9.17, 15) is 10.1 Å². The summed E-state index contributed by atoms with van der Waals surface area (Å²) in [5.74, 6) is -0.183. The second-order valence-electron chi connectivity index (χ2n) is 4.84. The van der Waals surface area contributed by atoms with E-state index in [1.165, 1.54) is 0 Å². The Morgan fingerprint density at radius 3 is 2.90 bits per heavy atom. The average molecular weight is 290 g/mol. The van der Waals surface area contributed by atoms with Gasteiger partial charge in [-0.15, -0.1) is 11.8 Å². The normalized spacial score (nSPS) is 17.2. The number of thioether (sulfide) groups is 1. The number of nitrogens with one attached hydrogen (secondary N) is 1. The van der Waals surface area contributed by atoms with Crippen LogP contribution in [0.5, 0.6) is 0 Å². The lowest BCUT2D eigenvalue weighted by Gasteiger charge is -2.29. The lowest BCUT2D eigenvalue weighted by molar-refractivity contribution is -0.132. The van der Waals surface area contributed by atoms with Crippen LogP contribution in [0, 0.1) is 16.7 Å². The van der Waals surface area contributed by atoms with Gasteiger partial charge in [-0.2, -0.15) is 5.26 Å². The lowest BCUT2D eigenvalue weighted by Crippen LogP contribution is -2.43. The highest BCUT2D eigenvalue weighted by atomic mass is 32.2. The maximum Gasteiger partial charge on any atom is 0.240 e. The number of ether oxygens (including phenoxy) is 1. The SMILES string of the molecule is CSc1cccc(CNC(=O)C2(C#N)CCOCC2)c1. The van der Waals surface area contributed by atoms with Crippen LogP contribution in [-0.2, 0) is 16.1 Å². The standard InChI is InChI=1S/C15H18N2O2S/c1-20-13-4-2-3-12(9-13)10-17-14(18)15(11-16)5-7-19-8-6-15/h2-4,9H,5-8,10H2,1H3,(H,17,18). The lowest BCUT2D eigenvalue weighted by atomic mass is 9.81. The van der Waals surface area contributed by atoms with Crippen molar-refractivity contribution in [2.45, 2.75) is 24.3 Å². The molecule has 0 aliphatic carbocycles. The summed E-state index contributed by atoms with van der Waals surface area (Å²) in [5.41, 5.74) is 0.125. The van der Waals surface area contributed by atoms with E-state index >= 15 is 0 Å². The summed E-state index contributed by atoms with van der Waals surface area (Å²) in [5, 5.41) is 12.2. The Bertz CT molecular complexity index is 519. The Kier molecular flexibility index (Phi) is 5.05. The Balaban J connectivity index is 1.99. The van der Waals surface area contributed by atoms with Gasteiger partial charge in [0.2, 0.25) is 5.91 Å². The molecule has 1 heterocycles. The fraction of sp³-hybridized carbons (Fsp3) is 0.467. The fourth-order valence-corrected chi connectivity index (χ4v) is 2.73. The summed E-state index contributed by atoms with van der Waals surface area (Å²) in [6.45, 7) is 1.41. The van der Waals surface area contributed by atoms with Crippen LogP contribution in [0.2, 0.25) is 0 Å². The number of amides is 1. The van der Waals surface area contributed by atoms with E-state index < -0.39 is 5.41 Å². The molecule has 1 aromatic carbocycles. The van der Waals surface area contributed by atoms with Gasteiger partial charge in [0.15, 0.2) is 0 Å². The predicted molar refractivity (Wildman–Crippen MR) is 78.2 cm³/mol. The summed E-state index contributed by atoms with van der Waals surface area (Å²) >= 11 is 1.67. The molecule has 1 amide bonds. The van der Waals surface area contributed by atoms with Gasteiger partial charge in [-0.05, 0) is 36.8 Å². The minimum Gasteiger partial charge on any atom is -0.381 e. The minimum absolute atomic E-state index is 0.183. The Morgan fingerprint density at radius 2 is 2.25 bits per heavy atom. The fourth-order valence-electron chi connectivity index (χ4n) is 2.24. The number of carbonyl (C=O) groups is 1. The van der Waals surface area contributed by atoms with E-state index in [2.05, 4.69) is 11.4 Å². The zero-order chi connectivity index (χ0) is 14.4. The average Bonchev–Trinajstić information content (AvgIpc) is 2.53. The van der Waals surface area contributed by atoms with Gasteiger partial charge in [-0.1, -0.05) is 12.1 Å².